The Bertz CT molecular complexity index is 1210. The van der Waals surface area contributed by atoms with Gasteiger partial charge in [-0.3, -0.25) is 4.79 Å². The molecule has 7 heteroatoms. The summed E-state index contributed by atoms with van der Waals surface area (Å²) in [5.74, 6) is 0.548. The summed E-state index contributed by atoms with van der Waals surface area (Å²) in [6.07, 6.45) is 6.32. The van der Waals surface area contributed by atoms with Crippen LogP contribution in [0.5, 0.6) is 0 Å². The average molecular weight is 398 g/mol. The minimum Gasteiger partial charge on any atom is -0.355 e. The highest BCUT2D eigenvalue weighted by Gasteiger charge is 2.16. The summed E-state index contributed by atoms with van der Waals surface area (Å²) < 4.78 is 2.01. The molecule has 3 aromatic heterocycles. The van der Waals surface area contributed by atoms with Crippen LogP contribution in [0.2, 0.25) is 0 Å². The zero-order valence-electron chi connectivity index (χ0n) is 16.7. The lowest BCUT2D eigenvalue weighted by Crippen LogP contribution is -2.21. The standard InChI is InChI=1S/C23H22N6O/c1-16-6-5-13-29-15-20(25-22(16)29)17-7-4-8-18(14-17)24-23(30)19-9-10-21(27-26-19)28-11-2-3-12-28/h4-10,13-15H,2-3,11-12H2,1H3,(H,24,30). The van der Waals surface area contributed by atoms with E-state index < -0.39 is 0 Å². The first-order chi connectivity index (χ1) is 14.7. The largest absolute Gasteiger partial charge is 0.355 e. The SMILES string of the molecule is Cc1cccn2cc(-c3cccc(NC(=O)c4ccc(N5CCCC5)nn4)c3)nc12. The van der Waals surface area contributed by atoms with Crippen molar-refractivity contribution >= 4 is 23.1 Å². The van der Waals surface area contributed by atoms with E-state index in [1.165, 1.54) is 12.8 Å². The number of rotatable bonds is 4. The lowest BCUT2D eigenvalue weighted by Gasteiger charge is -2.15. The molecule has 0 unspecified atom stereocenters. The van der Waals surface area contributed by atoms with Gasteiger partial charge in [0.15, 0.2) is 11.5 Å². The molecule has 1 fully saturated rings. The minimum absolute atomic E-state index is 0.279. The van der Waals surface area contributed by atoms with Crippen LogP contribution in [-0.4, -0.2) is 38.6 Å². The monoisotopic (exact) mass is 398 g/mol. The van der Waals surface area contributed by atoms with E-state index in [4.69, 9.17) is 4.98 Å². The first-order valence-corrected chi connectivity index (χ1v) is 10.1. The number of aromatic nitrogens is 4. The molecule has 1 amide bonds. The molecule has 7 nitrogen and oxygen atoms in total. The van der Waals surface area contributed by atoms with Crippen molar-refractivity contribution in [2.75, 3.05) is 23.3 Å². The quantitative estimate of drug-likeness (QED) is 0.563. The van der Waals surface area contributed by atoms with Crippen molar-refractivity contribution in [3.05, 3.63) is 72.2 Å². The molecular formula is C23H22N6O. The van der Waals surface area contributed by atoms with E-state index in [-0.39, 0.29) is 5.91 Å². The number of nitrogens with one attached hydrogen (secondary N) is 1. The van der Waals surface area contributed by atoms with Crippen molar-refractivity contribution in [1.82, 2.24) is 19.6 Å². The first-order valence-electron chi connectivity index (χ1n) is 10.1. The van der Waals surface area contributed by atoms with Gasteiger partial charge in [-0.2, -0.15) is 0 Å². The summed E-state index contributed by atoms with van der Waals surface area (Å²) in [6.45, 7) is 4.03. The summed E-state index contributed by atoms with van der Waals surface area (Å²) in [4.78, 5) is 19.6. The second-order valence-electron chi connectivity index (χ2n) is 7.55. The number of nitrogens with zero attached hydrogens (tertiary/aromatic N) is 5. The predicted molar refractivity (Wildman–Crippen MR) is 117 cm³/mol. The highest BCUT2D eigenvalue weighted by molar-refractivity contribution is 6.03. The molecule has 0 aliphatic carbocycles. The zero-order chi connectivity index (χ0) is 20.5. The number of anilines is 2. The van der Waals surface area contributed by atoms with Gasteiger partial charge in [0.25, 0.3) is 5.91 Å². The smallest absolute Gasteiger partial charge is 0.276 e. The Labute approximate surface area is 174 Å². The van der Waals surface area contributed by atoms with Crippen LogP contribution in [0.25, 0.3) is 16.9 Å². The highest BCUT2D eigenvalue weighted by atomic mass is 16.1. The molecule has 150 valence electrons. The lowest BCUT2D eigenvalue weighted by molar-refractivity contribution is 0.102. The highest BCUT2D eigenvalue weighted by Crippen LogP contribution is 2.24. The third-order valence-corrected chi connectivity index (χ3v) is 5.41. The van der Waals surface area contributed by atoms with E-state index in [9.17, 15) is 4.79 Å². The maximum atomic E-state index is 12.6. The molecule has 1 N–H and O–H groups in total. The van der Waals surface area contributed by atoms with E-state index in [0.29, 0.717) is 11.4 Å². The zero-order valence-corrected chi connectivity index (χ0v) is 16.7. The number of carbonyl (C=O) groups is 1. The Morgan fingerprint density at radius 1 is 1.03 bits per heavy atom. The number of carbonyl (C=O) groups excluding carboxylic acids is 1. The Kier molecular flexibility index (Phi) is 4.63. The number of benzene rings is 1. The van der Waals surface area contributed by atoms with Crippen LogP contribution in [0.15, 0.2) is 60.9 Å². The fourth-order valence-corrected chi connectivity index (χ4v) is 3.81. The van der Waals surface area contributed by atoms with E-state index in [2.05, 4.69) is 20.4 Å². The predicted octanol–water partition coefficient (Wildman–Crippen LogP) is 3.95. The minimum atomic E-state index is -0.279. The second-order valence-corrected chi connectivity index (χ2v) is 7.55. The molecule has 0 saturated carbocycles. The maximum Gasteiger partial charge on any atom is 0.276 e. The normalized spacial score (nSPS) is 13.7. The van der Waals surface area contributed by atoms with Crippen molar-refractivity contribution in [1.29, 1.82) is 0 Å². The number of hydrogen-bond acceptors (Lipinski definition) is 5. The molecule has 4 aromatic rings. The van der Waals surface area contributed by atoms with Gasteiger partial charge in [-0.15, -0.1) is 10.2 Å². The molecule has 0 atom stereocenters. The third kappa shape index (κ3) is 3.50. The molecule has 1 aliphatic rings. The maximum absolute atomic E-state index is 12.6. The molecule has 1 aliphatic heterocycles. The average Bonchev–Trinajstić information content (AvgIpc) is 3.45. The summed E-state index contributed by atoms with van der Waals surface area (Å²) >= 11 is 0. The first kappa shape index (κ1) is 18.3. The van der Waals surface area contributed by atoms with Gasteiger partial charge in [-0.1, -0.05) is 18.2 Å². The molecule has 5 rings (SSSR count). The van der Waals surface area contributed by atoms with Gasteiger partial charge < -0.3 is 14.6 Å². The Morgan fingerprint density at radius 3 is 2.67 bits per heavy atom. The van der Waals surface area contributed by atoms with E-state index >= 15 is 0 Å². The Hall–Kier alpha value is -3.74. The van der Waals surface area contributed by atoms with Gasteiger partial charge in [0.2, 0.25) is 0 Å². The number of imidazole rings is 1. The van der Waals surface area contributed by atoms with Crippen molar-refractivity contribution in [3.63, 3.8) is 0 Å². The molecule has 4 heterocycles. The lowest BCUT2D eigenvalue weighted by atomic mass is 10.1. The Balaban J connectivity index is 1.35. The van der Waals surface area contributed by atoms with Gasteiger partial charge >= 0.3 is 0 Å². The number of aryl methyl sites for hydroxylation is 1. The summed E-state index contributed by atoms with van der Waals surface area (Å²) in [5.41, 5.74) is 4.82. The van der Waals surface area contributed by atoms with Crippen LogP contribution < -0.4 is 10.2 Å². The van der Waals surface area contributed by atoms with Gasteiger partial charge in [0, 0.05) is 36.7 Å². The van der Waals surface area contributed by atoms with Crippen LogP contribution in [0.4, 0.5) is 11.5 Å². The van der Waals surface area contributed by atoms with Crippen molar-refractivity contribution < 1.29 is 4.79 Å². The summed E-state index contributed by atoms with van der Waals surface area (Å²) in [6, 6.07) is 15.3. The van der Waals surface area contributed by atoms with Crippen LogP contribution >= 0.6 is 0 Å². The fraction of sp³-hybridized carbons (Fsp3) is 0.217. The Morgan fingerprint density at radius 2 is 1.90 bits per heavy atom. The van der Waals surface area contributed by atoms with Crippen molar-refractivity contribution in [2.24, 2.45) is 0 Å². The van der Waals surface area contributed by atoms with Crippen LogP contribution in [0.1, 0.15) is 28.9 Å². The molecular weight excluding hydrogens is 376 g/mol. The second kappa shape index (κ2) is 7.59. The molecule has 0 radical (unpaired) electrons. The van der Waals surface area contributed by atoms with Gasteiger partial charge in [0.1, 0.15) is 5.65 Å². The summed E-state index contributed by atoms with van der Waals surface area (Å²) in [5, 5.41) is 11.3. The van der Waals surface area contributed by atoms with Crippen LogP contribution in [-0.2, 0) is 0 Å². The van der Waals surface area contributed by atoms with Crippen molar-refractivity contribution in [2.45, 2.75) is 19.8 Å². The van der Waals surface area contributed by atoms with Gasteiger partial charge in [0.05, 0.1) is 5.69 Å². The number of amides is 1. The third-order valence-electron chi connectivity index (χ3n) is 5.41. The number of fused-ring (bicyclic) bond motifs is 1. The topological polar surface area (TPSA) is 75.4 Å². The van der Waals surface area contributed by atoms with E-state index in [1.807, 2.05) is 66.2 Å². The van der Waals surface area contributed by atoms with E-state index in [0.717, 1.165) is 41.4 Å². The number of pyridine rings is 1. The van der Waals surface area contributed by atoms with E-state index in [1.54, 1.807) is 6.07 Å². The van der Waals surface area contributed by atoms with Crippen molar-refractivity contribution in [3.8, 4) is 11.3 Å². The van der Waals surface area contributed by atoms with Gasteiger partial charge in [-0.05, 0) is 55.7 Å². The molecule has 0 bridgehead atoms. The van der Waals surface area contributed by atoms with Crippen LogP contribution in [0, 0.1) is 6.92 Å². The molecule has 30 heavy (non-hydrogen) atoms. The summed E-state index contributed by atoms with van der Waals surface area (Å²) in [7, 11) is 0. The van der Waals surface area contributed by atoms with Gasteiger partial charge in [-0.25, -0.2) is 4.98 Å². The molecule has 1 aromatic carbocycles. The van der Waals surface area contributed by atoms with Crippen LogP contribution in [0.3, 0.4) is 0 Å². The molecule has 0 spiro atoms. The molecule has 1 saturated heterocycles. The number of hydrogen-bond donors (Lipinski definition) is 1. The fourth-order valence-electron chi connectivity index (χ4n) is 3.81.